The molecule has 0 radical (unpaired) electrons. The van der Waals surface area contributed by atoms with E-state index in [1.165, 1.54) is 0 Å². The summed E-state index contributed by atoms with van der Waals surface area (Å²) in [5.41, 5.74) is 0.263. The van der Waals surface area contributed by atoms with Crippen molar-refractivity contribution < 1.29 is 9.90 Å². The van der Waals surface area contributed by atoms with Crippen molar-refractivity contribution in [2.24, 2.45) is 5.41 Å². The molecule has 0 bridgehead atoms. The summed E-state index contributed by atoms with van der Waals surface area (Å²) in [6.45, 7) is 3.65. The Bertz CT molecular complexity index is 459. The Labute approximate surface area is 118 Å². The average molecular weight is 283 g/mol. The maximum absolute atomic E-state index is 12.1. The summed E-state index contributed by atoms with van der Waals surface area (Å²) < 4.78 is 0. The lowest BCUT2D eigenvalue weighted by molar-refractivity contribution is -0.129. The van der Waals surface area contributed by atoms with Crippen LogP contribution in [0.3, 0.4) is 0 Å². The zero-order valence-corrected chi connectivity index (χ0v) is 11.7. The number of aliphatic hydroxyl groups excluding tert-OH is 1. The molecular formula is C14H19ClN2O2. The molecule has 1 aromatic carbocycles. The van der Waals surface area contributed by atoms with Crippen LogP contribution < -0.4 is 10.6 Å². The molecule has 1 saturated heterocycles. The standard InChI is InChI=1S/C14H19ClN2O2/c1-14(6-7-16-9-14)13(19)17-8-12(18)10-4-2-3-5-11(10)15/h2-5,12,16,18H,6-9H2,1H3,(H,17,19)/t12-,14+/m0/s1. The summed E-state index contributed by atoms with van der Waals surface area (Å²) in [7, 11) is 0. The Hall–Kier alpha value is -1.10. The van der Waals surface area contributed by atoms with Gasteiger partial charge in [0.1, 0.15) is 0 Å². The summed E-state index contributed by atoms with van der Waals surface area (Å²) in [4.78, 5) is 12.1. The van der Waals surface area contributed by atoms with E-state index in [4.69, 9.17) is 11.6 Å². The first-order valence-electron chi connectivity index (χ1n) is 6.44. The lowest BCUT2D eigenvalue weighted by atomic mass is 9.89. The first-order chi connectivity index (χ1) is 9.03. The van der Waals surface area contributed by atoms with E-state index in [-0.39, 0.29) is 17.9 Å². The third-order valence-corrected chi connectivity index (χ3v) is 3.98. The van der Waals surface area contributed by atoms with Crippen LogP contribution in [0.15, 0.2) is 24.3 Å². The molecule has 0 aliphatic carbocycles. The van der Waals surface area contributed by atoms with Crippen molar-refractivity contribution in [3.8, 4) is 0 Å². The predicted molar refractivity (Wildman–Crippen MR) is 75.0 cm³/mol. The van der Waals surface area contributed by atoms with Crippen molar-refractivity contribution in [3.63, 3.8) is 0 Å². The second-order valence-electron chi connectivity index (χ2n) is 5.23. The normalized spacial score (nSPS) is 24.2. The SMILES string of the molecule is C[C@@]1(C(=O)NC[C@H](O)c2ccccc2Cl)CCNC1. The van der Waals surface area contributed by atoms with Gasteiger partial charge in [0.15, 0.2) is 0 Å². The number of rotatable bonds is 4. The largest absolute Gasteiger partial charge is 0.387 e. The molecule has 3 N–H and O–H groups in total. The van der Waals surface area contributed by atoms with Crippen molar-refractivity contribution >= 4 is 17.5 Å². The van der Waals surface area contributed by atoms with Crippen LogP contribution in [0.5, 0.6) is 0 Å². The zero-order chi connectivity index (χ0) is 13.9. The predicted octanol–water partition coefficient (Wildman–Crippen LogP) is 1.49. The molecule has 19 heavy (non-hydrogen) atoms. The highest BCUT2D eigenvalue weighted by Crippen LogP contribution is 2.25. The molecule has 0 unspecified atom stereocenters. The van der Waals surface area contributed by atoms with Gasteiger partial charge in [-0.2, -0.15) is 0 Å². The second-order valence-corrected chi connectivity index (χ2v) is 5.64. The lowest BCUT2D eigenvalue weighted by Crippen LogP contribution is -2.42. The van der Waals surface area contributed by atoms with E-state index in [2.05, 4.69) is 10.6 Å². The molecule has 0 aromatic heterocycles. The molecular weight excluding hydrogens is 264 g/mol. The number of hydrogen-bond donors (Lipinski definition) is 3. The molecule has 104 valence electrons. The Balaban J connectivity index is 1.92. The van der Waals surface area contributed by atoms with E-state index < -0.39 is 6.10 Å². The minimum absolute atomic E-state index is 0.0244. The molecule has 2 rings (SSSR count). The van der Waals surface area contributed by atoms with Gasteiger partial charge in [-0.1, -0.05) is 29.8 Å². The molecule has 1 aliphatic rings. The van der Waals surface area contributed by atoms with Gasteiger partial charge in [0.2, 0.25) is 5.91 Å². The maximum Gasteiger partial charge on any atom is 0.227 e. The van der Waals surface area contributed by atoms with Gasteiger partial charge in [-0.15, -0.1) is 0 Å². The molecule has 1 aliphatic heterocycles. The summed E-state index contributed by atoms with van der Waals surface area (Å²) in [6, 6.07) is 7.11. The zero-order valence-electron chi connectivity index (χ0n) is 10.9. The van der Waals surface area contributed by atoms with Crippen molar-refractivity contribution in [2.45, 2.75) is 19.4 Å². The first-order valence-corrected chi connectivity index (χ1v) is 6.82. The summed E-state index contributed by atoms with van der Waals surface area (Å²) in [6.07, 6.45) is 0.0386. The summed E-state index contributed by atoms with van der Waals surface area (Å²) in [5.74, 6) is -0.0244. The monoisotopic (exact) mass is 282 g/mol. The van der Waals surface area contributed by atoms with Crippen LogP contribution in [0.4, 0.5) is 0 Å². The number of nitrogens with one attached hydrogen (secondary N) is 2. The van der Waals surface area contributed by atoms with Gasteiger partial charge < -0.3 is 15.7 Å². The highest BCUT2D eigenvalue weighted by Gasteiger charge is 2.36. The smallest absolute Gasteiger partial charge is 0.227 e. The Morgan fingerprint density at radius 2 is 2.32 bits per heavy atom. The minimum Gasteiger partial charge on any atom is -0.387 e. The molecule has 0 spiro atoms. The Morgan fingerprint density at radius 1 is 1.58 bits per heavy atom. The molecule has 1 fully saturated rings. The van der Waals surface area contributed by atoms with E-state index in [1.54, 1.807) is 12.1 Å². The van der Waals surface area contributed by atoms with E-state index in [0.29, 0.717) is 17.1 Å². The third kappa shape index (κ3) is 3.26. The Morgan fingerprint density at radius 3 is 2.95 bits per heavy atom. The molecule has 2 atom stereocenters. The highest BCUT2D eigenvalue weighted by atomic mass is 35.5. The van der Waals surface area contributed by atoms with Crippen molar-refractivity contribution in [2.75, 3.05) is 19.6 Å². The molecule has 1 heterocycles. The van der Waals surface area contributed by atoms with Gasteiger partial charge in [0.05, 0.1) is 11.5 Å². The molecule has 0 saturated carbocycles. The number of carbonyl (C=O) groups is 1. The van der Waals surface area contributed by atoms with Crippen molar-refractivity contribution in [3.05, 3.63) is 34.9 Å². The molecule has 5 heteroatoms. The van der Waals surface area contributed by atoms with Gasteiger partial charge in [-0.3, -0.25) is 4.79 Å². The maximum atomic E-state index is 12.1. The second kappa shape index (κ2) is 5.90. The van der Waals surface area contributed by atoms with Crippen LogP contribution in [-0.2, 0) is 4.79 Å². The molecule has 4 nitrogen and oxygen atoms in total. The van der Waals surface area contributed by atoms with E-state index >= 15 is 0 Å². The fourth-order valence-corrected chi connectivity index (χ4v) is 2.53. The molecule has 1 aromatic rings. The molecule has 1 amide bonds. The topological polar surface area (TPSA) is 61.4 Å². The fraction of sp³-hybridized carbons (Fsp3) is 0.500. The van der Waals surface area contributed by atoms with Crippen LogP contribution in [0.1, 0.15) is 25.0 Å². The highest BCUT2D eigenvalue weighted by molar-refractivity contribution is 6.31. The summed E-state index contributed by atoms with van der Waals surface area (Å²) in [5, 5.41) is 16.6. The number of hydrogen-bond acceptors (Lipinski definition) is 3. The van der Waals surface area contributed by atoms with Crippen LogP contribution in [0.2, 0.25) is 5.02 Å². The van der Waals surface area contributed by atoms with Gasteiger partial charge >= 0.3 is 0 Å². The van der Waals surface area contributed by atoms with Crippen LogP contribution >= 0.6 is 11.6 Å². The Kier molecular flexibility index (Phi) is 4.45. The van der Waals surface area contributed by atoms with Gasteiger partial charge in [-0.05, 0) is 26.0 Å². The number of carbonyl (C=O) groups excluding carboxylic acids is 1. The number of halogens is 1. The van der Waals surface area contributed by atoms with Gasteiger partial charge in [-0.25, -0.2) is 0 Å². The number of benzene rings is 1. The lowest BCUT2D eigenvalue weighted by Gasteiger charge is -2.23. The number of amides is 1. The van der Waals surface area contributed by atoms with E-state index in [0.717, 1.165) is 13.0 Å². The summed E-state index contributed by atoms with van der Waals surface area (Å²) >= 11 is 6.01. The number of aliphatic hydroxyl groups is 1. The third-order valence-electron chi connectivity index (χ3n) is 3.64. The first kappa shape index (κ1) is 14.3. The van der Waals surface area contributed by atoms with E-state index in [9.17, 15) is 9.90 Å². The fourth-order valence-electron chi connectivity index (χ4n) is 2.27. The van der Waals surface area contributed by atoms with Crippen LogP contribution in [-0.4, -0.2) is 30.6 Å². The average Bonchev–Trinajstić information content (AvgIpc) is 2.84. The van der Waals surface area contributed by atoms with E-state index in [1.807, 2.05) is 19.1 Å². The van der Waals surface area contributed by atoms with Crippen molar-refractivity contribution in [1.82, 2.24) is 10.6 Å². The van der Waals surface area contributed by atoms with Gasteiger partial charge in [0, 0.05) is 23.7 Å². The van der Waals surface area contributed by atoms with Crippen LogP contribution in [0, 0.1) is 5.41 Å². The van der Waals surface area contributed by atoms with Gasteiger partial charge in [0.25, 0.3) is 0 Å². The van der Waals surface area contributed by atoms with Crippen LogP contribution in [0.25, 0.3) is 0 Å². The van der Waals surface area contributed by atoms with Crippen molar-refractivity contribution in [1.29, 1.82) is 0 Å². The minimum atomic E-state index is -0.782. The quantitative estimate of drug-likeness (QED) is 0.784.